The predicted molar refractivity (Wildman–Crippen MR) is 62.4 cm³/mol. The van der Waals surface area contributed by atoms with Crippen molar-refractivity contribution in [1.82, 2.24) is 9.55 Å². The quantitative estimate of drug-likeness (QED) is 0.788. The van der Waals surface area contributed by atoms with Crippen LogP contribution in [0.4, 0.5) is 0 Å². The number of aliphatic hydroxyl groups is 1. The predicted octanol–water partition coefficient (Wildman–Crippen LogP) is 2.24. The largest absolute Gasteiger partial charge is 0.393 e. The zero-order chi connectivity index (χ0) is 11.0. The molecule has 0 spiro atoms. The number of hydrogen-bond acceptors (Lipinski definition) is 2. The van der Waals surface area contributed by atoms with Crippen molar-refractivity contribution in [2.24, 2.45) is 0 Å². The SMILES string of the molecule is OC1CCCC(n2cnc3c2CCCC3)C1. The first-order chi connectivity index (χ1) is 7.84. The summed E-state index contributed by atoms with van der Waals surface area (Å²) in [5.41, 5.74) is 2.76. The average Bonchev–Trinajstić information content (AvgIpc) is 2.72. The van der Waals surface area contributed by atoms with Gasteiger partial charge in [-0.05, 0) is 51.4 Å². The van der Waals surface area contributed by atoms with E-state index in [1.165, 1.54) is 37.1 Å². The summed E-state index contributed by atoms with van der Waals surface area (Å²) >= 11 is 0. The molecule has 0 radical (unpaired) electrons. The Morgan fingerprint density at radius 3 is 2.94 bits per heavy atom. The molecule has 2 aliphatic carbocycles. The molecule has 2 aliphatic rings. The van der Waals surface area contributed by atoms with Crippen molar-refractivity contribution in [1.29, 1.82) is 0 Å². The molecule has 1 heterocycles. The summed E-state index contributed by atoms with van der Waals surface area (Å²) in [5.74, 6) is 0. The zero-order valence-corrected chi connectivity index (χ0v) is 9.73. The number of fused-ring (bicyclic) bond motifs is 1. The fourth-order valence-electron chi connectivity index (χ4n) is 3.20. The van der Waals surface area contributed by atoms with Gasteiger partial charge in [-0.2, -0.15) is 0 Å². The molecule has 88 valence electrons. The Labute approximate surface area is 96.5 Å². The van der Waals surface area contributed by atoms with Gasteiger partial charge >= 0.3 is 0 Å². The summed E-state index contributed by atoms with van der Waals surface area (Å²) in [6.45, 7) is 0. The van der Waals surface area contributed by atoms with Gasteiger partial charge in [0.25, 0.3) is 0 Å². The molecular formula is C13H20N2O. The lowest BCUT2D eigenvalue weighted by atomic mass is 9.92. The summed E-state index contributed by atoms with van der Waals surface area (Å²) in [4.78, 5) is 4.54. The molecule has 1 saturated carbocycles. The van der Waals surface area contributed by atoms with E-state index >= 15 is 0 Å². The van der Waals surface area contributed by atoms with Crippen molar-refractivity contribution >= 4 is 0 Å². The van der Waals surface area contributed by atoms with Gasteiger partial charge in [-0.25, -0.2) is 4.98 Å². The Kier molecular flexibility index (Phi) is 2.72. The number of imidazole rings is 1. The number of aromatic nitrogens is 2. The molecular weight excluding hydrogens is 200 g/mol. The number of hydrogen-bond donors (Lipinski definition) is 1. The summed E-state index contributed by atoms with van der Waals surface area (Å²) in [7, 11) is 0. The van der Waals surface area contributed by atoms with Crippen molar-refractivity contribution in [3.63, 3.8) is 0 Å². The molecule has 1 aromatic heterocycles. The van der Waals surface area contributed by atoms with E-state index in [0.29, 0.717) is 6.04 Å². The molecule has 0 saturated heterocycles. The highest BCUT2D eigenvalue weighted by atomic mass is 16.3. The molecule has 0 bridgehead atoms. The molecule has 0 aromatic carbocycles. The van der Waals surface area contributed by atoms with Crippen molar-refractivity contribution in [3.05, 3.63) is 17.7 Å². The smallest absolute Gasteiger partial charge is 0.0954 e. The molecule has 3 nitrogen and oxygen atoms in total. The summed E-state index contributed by atoms with van der Waals surface area (Å²) < 4.78 is 2.36. The topological polar surface area (TPSA) is 38.0 Å². The second kappa shape index (κ2) is 4.21. The van der Waals surface area contributed by atoms with Gasteiger partial charge in [0.15, 0.2) is 0 Å². The van der Waals surface area contributed by atoms with Gasteiger partial charge in [-0.15, -0.1) is 0 Å². The Morgan fingerprint density at radius 1 is 1.19 bits per heavy atom. The fraction of sp³-hybridized carbons (Fsp3) is 0.769. The monoisotopic (exact) mass is 220 g/mol. The van der Waals surface area contributed by atoms with Crippen LogP contribution in [-0.2, 0) is 12.8 Å². The van der Waals surface area contributed by atoms with E-state index in [1.54, 1.807) is 0 Å². The average molecular weight is 220 g/mol. The maximum Gasteiger partial charge on any atom is 0.0954 e. The normalized spacial score (nSPS) is 30.1. The van der Waals surface area contributed by atoms with E-state index in [2.05, 4.69) is 9.55 Å². The van der Waals surface area contributed by atoms with Crippen molar-refractivity contribution < 1.29 is 5.11 Å². The highest BCUT2D eigenvalue weighted by Crippen LogP contribution is 2.32. The van der Waals surface area contributed by atoms with Gasteiger partial charge in [0.05, 0.1) is 18.1 Å². The Bertz CT molecular complexity index is 372. The third-order valence-corrected chi connectivity index (χ3v) is 4.07. The van der Waals surface area contributed by atoms with Crippen LogP contribution in [-0.4, -0.2) is 20.8 Å². The van der Waals surface area contributed by atoms with E-state index < -0.39 is 0 Å². The van der Waals surface area contributed by atoms with E-state index in [-0.39, 0.29) is 6.10 Å². The second-order valence-corrected chi connectivity index (χ2v) is 5.23. The minimum Gasteiger partial charge on any atom is -0.393 e. The molecule has 2 atom stereocenters. The van der Waals surface area contributed by atoms with Gasteiger partial charge in [0.2, 0.25) is 0 Å². The van der Waals surface area contributed by atoms with E-state index in [1.807, 2.05) is 6.33 Å². The second-order valence-electron chi connectivity index (χ2n) is 5.23. The molecule has 3 rings (SSSR count). The lowest BCUT2D eigenvalue weighted by Crippen LogP contribution is -2.23. The molecule has 1 fully saturated rings. The van der Waals surface area contributed by atoms with Crippen LogP contribution in [0.3, 0.4) is 0 Å². The summed E-state index contributed by atoms with van der Waals surface area (Å²) in [6.07, 6.45) is 11.1. The van der Waals surface area contributed by atoms with Crippen LogP contribution in [0.5, 0.6) is 0 Å². The number of nitrogens with zero attached hydrogens (tertiary/aromatic N) is 2. The number of aliphatic hydroxyl groups excluding tert-OH is 1. The molecule has 0 aliphatic heterocycles. The lowest BCUT2D eigenvalue weighted by Gasteiger charge is -2.29. The Morgan fingerprint density at radius 2 is 2.06 bits per heavy atom. The van der Waals surface area contributed by atoms with Gasteiger partial charge in [-0.1, -0.05) is 0 Å². The molecule has 3 heteroatoms. The van der Waals surface area contributed by atoms with E-state index in [9.17, 15) is 5.11 Å². The van der Waals surface area contributed by atoms with Crippen LogP contribution in [0.1, 0.15) is 56.0 Å². The highest BCUT2D eigenvalue weighted by Gasteiger charge is 2.25. The number of rotatable bonds is 1. The minimum absolute atomic E-state index is 0.0969. The Balaban J connectivity index is 1.85. The van der Waals surface area contributed by atoms with Crippen LogP contribution in [0.15, 0.2) is 6.33 Å². The molecule has 2 unspecified atom stereocenters. The van der Waals surface area contributed by atoms with Crippen molar-refractivity contribution in [3.8, 4) is 0 Å². The Hall–Kier alpha value is -0.830. The van der Waals surface area contributed by atoms with Crippen LogP contribution in [0.2, 0.25) is 0 Å². The standard InChI is InChI=1S/C13H20N2O/c16-11-5-3-4-10(8-11)15-9-14-12-6-1-2-7-13(12)15/h9-11,16H,1-8H2. The molecule has 16 heavy (non-hydrogen) atoms. The lowest BCUT2D eigenvalue weighted by molar-refractivity contribution is 0.103. The van der Waals surface area contributed by atoms with Crippen molar-refractivity contribution in [2.45, 2.75) is 63.5 Å². The maximum atomic E-state index is 9.75. The molecule has 0 amide bonds. The summed E-state index contributed by atoms with van der Waals surface area (Å²) in [5, 5.41) is 9.75. The first-order valence-corrected chi connectivity index (χ1v) is 6.57. The van der Waals surface area contributed by atoms with Gasteiger partial charge in [0.1, 0.15) is 0 Å². The molecule has 1 N–H and O–H groups in total. The van der Waals surface area contributed by atoms with E-state index in [4.69, 9.17) is 0 Å². The maximum absolute atomic E-state index is 9.75. The first kappa shape index (κ1) is 10.3. The third-order valence-electron chi connectivity index (χ3n) is 4.07. The zero-order valence-electron chi connectivity index (χ0n) is 9.73. The van der Waals surface area contributed by atoms with Gasteiger partial charge in [-0.3, -0.25) is 0 Å². The molecule has 1 aromatic rings. The van der Waals surface area contributed by atoms with Crippen LogP contribution < -0.4 is 0 Å². The number of aryl methyl sites for hydroxylation is 1. The first-order valence-electron chi connectivity index (χ1n) is 6.57. The summed E-state index contributed by atoms with van der Waals surface area (Å²) in [6, 6.07) is 0.498. The van der Waals surface area contributed by atoms with Crippen LogP contribution in [0.25, 0.3) is 0 Å². The van der Waals surface area contributed by atoms with Crippen molar-refractivity contribution in [2.75, 3.05) is 0 Å². The van der Waals surface area contributed by atoms with Gasteiger partial charge < -0.3 is 9.67 Å². The van der Waals surface area contributed by atoms with E-state index in [0.717, 1.165) is 25.7 Å². The van der Waals surface area contributed by atoms with Crippen LogP contribution >= 0.6 is 0 Å². The fourth-order valence-corrected chi connectivity index (χ4v) is 3.20. The minimum atomic E-state index is -0.0969. The third kappa shape index (κ3) is 1.77. The highest BCUT2D eigenvalue weighted by molar-refractivity contribution is 5.17. The van der Waals surface area contributed by atoms with Crippen LogP contribution in [0, 0.1) is 0 Å². The van der Waals surface area contributed by atoms with Gasteiger partial charge in [0, 0.05) is 11.7 Å².